The number of para-hydroxylation sites is 1. The summed E-state index contributed by atoms with van der Waals surface area (Å²) in [6.07, 6.45) is 8.41. The zero-order chi connectivity index (χ0) is 27.3. The van der Waals surface area contributed by atoms with Crippen LogP contribution in [0.3, 0.4) is 0 Å². The van der Waals surface area contributed by atoms with Crippen molar-refractivity contribution in [2.24, 2.45) is 5.73 Å². The Bertz CT molecular complexity index is 1750. The maximum absolute atomic E-state index is 13.2. The zero-order valence-corrected chi connectivity index (χ0v) is 23.4. The Hall–Kier alpha value is -4.26. The fourth-order valence-corrected chi connectivity index (χ4v) is 9.02. The first kappa shape index (κ1) is 25.0. The zero-order valence-electron chi connectivity index (χ0n) is 22.4. The highest BCUT2D eigenvalue weighted by Crippen LogP contribution is 2.42. The van der Waals surface area contributed by atoms with E-state index in [9.17, 15) is 4.79 Å². The molecule has 0 spiro atoms. The summed E-state index contributed by atoms with van der Waals surface area (Å²) in [7, 11) is -2.17. The molecule has 1 aliphatic heterocycles. The number of carbonyl (C=O) groups is 1. The molecule has 194 valence electrons. The number of aromatic nitrogens is 1. The summed E-state index contributed by atoms with van der Waals surface area (Å²) in [4.78, 5) is 16.5. The number of allylic oxidation sites excluding steroid dienone is 5. The van der Waals surface area contributed by atoms with Crippen LogP contribution in [-0.2, 0) is 11.2 Å². The standard InChI is InChI=1S/C33H32N4OSi/c1-20-8-4-5-9-24(20)32-26-14-12-22(34)17-30(26)39(2,3)31-18-23(13-15-27(31)32)37-33(38)28(35)16-21-19-36-29-11-7-6-10-25(21)29/h4-15,17-19,28,34,36H,16,35H2,1-3H3,(H,37,38)/t28-/m0/s1. The second-order valence-corrected chi connectivity index (χ2v) is 15.3. The lowest BCUT2D eigenvalue weighted by molar-refractivity contribution is -0.117. The molecule has 2 heterocycles. The number of nitrogens with one attached hydrogen (secondary N) is 3. The van der Waals surface area contributed by atoms with Gasteiger partial charge in [0.25, 0.3) is 0 Å². The van der Waals surface area contributed by atoms with Gasteiger partial charge in [0.2, 0.25) is 5.91 Å². The van der Waals surface area contributed by atoms with Crippen LogP contribution in [0.15, 0.2) is 102 Å². The van der Waals surface area contributed by atoms with Gasteiger partial charge in [-0.05, 0) is 87.5 Å². The third-order valence-electron chi connectivity index (χ3n) is 8.06. The van der Waals surface area contributed by atoms with Crippen molar-refractivity contribution in [2.45, 2.75) is 32.5 Å². The van der Waals surface area contributed by atoms with Gasteiger partial charge in [-0.1, -0.05) is 67.7 Å². The highest BCUT2D eigenvalue weighted by Gasteiger charge is 2.39. The molecule has 6 heteroatoms. The number of amides is 1. The van der Waals surface area contributed by atoms with Crippen molar-refractivity contribution in [3.8, 4) is 0 Å². The number of anilines is 1. The molecule has 0 radical (unpaired) electrons. The fraction of sp³-hybridized carbons (Fsp3) is 0.152. The van der Waals surface area contributed by atoms with Gasteiger partial charge < -0.3 is 21.4 Å². The summed E-state index contributed by atoms with van der Waals surface area (Å²) in [6.45, 7) is 6.79. The van der Waals surface area contributed by atoms with E-state index >= 15 is 0 Å². The van der Waals surface area contributed by atoms with Crippen molar-refractivity contribution in [3.63, 3.8) is 0 Å². The van der Waals surface area contributed by atoms with E-state index in [1.165, 1.54) is 38.2 Å². The van der Waals surface area contributed by atoms with Crippen LogP contribution in [0.25, 0.3) is 16.5 Å². The van der Waals surface area contributed by atoms with Crippen LogP contribution in [0, 0.1) is 12.3 Å². The number of rotatable bonds is 5. The van der Waals surface area contributed by atoms with Crippen molar-refractivity contribution < 1.29 is 4.79 Å². The molecular weight excluding hydrogens is 496 g/mol. The lowest BCUT2D eigenvalue weighted by atomic mass is 9.87. The number of hydrogen-bond acceptors (Lipinski definition) is 3. The lowest BCUT2D eigenvalue weighted by Gasteiger charge is -2.38. The summed E-state index contributed by atoms with van der Waals surface area (Å²) in [5.74, 6) is -0.201. The number of fused-ring (bicyclic) bond motifs is 3. The Morgan fingerprint density at radius 2 is 1.79 bits per heavy atom. The Morgan fingerprint density at radius 1 is 1.03 bits per heavy atom. The number of hydrogen-bond donors (Lipinski definition) is 4. The molecular formula is C33H32N4OSi. The number of aryl methyl sites for hydroxylation is 1. The lowest BCUT2D eigenvalue weighted by Crippen LogP contribution is -2.49. The molecule has 0 fully saturated rings. The summed E-state index contributed by atoms with van der Waals surface area (Å²) in [5.41, 5.74) is 15.8. The maximum Gasteiger partial charge on any atom is 0.241 e. The molecule has 6 rings (SSSR count). The van der Waals surface area contributed by atoms with Gasteiger partial charge in [-0.3, -0.25) is 4.79 Å². The van der Waals surface area contributed by atoms with Crippen molar-refractivity contribution in [1.82, 2.24) is 4.98 Å². The second-order valence-electron chi connectivity index (χ2n) is 11.0. The summed E-state index contributed by atoms with van der Waals surface area (Å²) < 4.78 is 0. The Kier molecular flexibility index (Phi) is 6.09. The third kappa shape index (κ3) is 4.32. The summed E-state index contributed by atoms with van der Waals surface area (Å²) >= 11 is 0. The Labute approximate surface area is 229 Å². The monoisotopic (exact) mass is 528 g/mol. The van der Waals surface area contributed by atoms with Gasteiger partial charge >= 0.3 is 0 Å². The Morgan fingerprint density at radius 3 is 2.62 bits per heavy atom. The number of benzene rings is 3. The van der Waals surface area contributed by atoms with E-state index in [4.69, 9.17) is 11.1 Å². The highest BCUT2D eigenvalue weighted by molar-refractivity contribution is 6.98. The van der Waals surface area contributed by atoms with Crippen LogP contribution in [0.4, 0.5) is 5.69 Å². The molecule has 3 aromatic carbocycles. The van der Waals surface area contributed by atoms with Crippen molar-refractivity contribution in [3.05, 3.63) is 124 Å². The quantitative estimate of drug-likeness (QED) is 0.248. The predicted molar refractivity (Wildman–Crippen MR) is 164 cm³/mol. The molecule has 1 amide bonds. The molecule has 0 unspecified atom stereocenters. The van der Waals surface area contributed by atoms with Crippen LogP contribution >= 0.6 is 0 Å². The first-order chi connectivity index (χ1) is 18.7. The average Bonchev–Trinajstić information content (AvgIpc) is 3.33. The van der Waals surface area contributed by atoms with E-state index in [1.807, 2.05) is 48.7 Å². The molecule has 0 saturated heterocycles. The van der Waals surface area contributed by atoms with Gasteiger partial charge in [0, 0.05) is 22.8 Å². The number of aromatic amines is 1. The molecule has 5 nitrogen and oxygen atoms in total. The van der Waals surface area contributed by atoms with Crippen LogP contribution in [0.2, 0.25) is 13.1 Å². The molecule has 1 atom stereocenters. The average molecular weight is 529 g/mol. The van der Waals surface area contributed by atoms with Crippen LogP contribution < -0.4 is 16.2 Å². The topological polar surface area (TPSA) is 94.8 Å². The van der Waals surface area contributed by atoms with E-state index in [0.717, 1.165) is 22.2 Å². The minimum absolute atomic E-state index is 0.201. The first-order valence-corrected chi connectivity index (χ1v) is 16.3. The fourth-order valence-electron chi connectivity index (χ4n) is 5.94. The van der Waals surface area contributed by atoms with Crippen molar-refractivity contribution in [1.29, 1.82) is 5.41 Å². The largest absolute Gasteiger partial charge is 0.361 e. The van der Waals surface area contributed by atoms with Crippen LogP contribution in [-0.4, -0.2) is 30.7 Å². The number of carbonyl (C=O) groups excluding carboxylic acids is 1. The summed E-state index contributed by atoms with van der Waals surface area (Å²) in [6, 6.07) is 22.1. The van der Waals surface area contributed by atoms with Crippen molar-refractivity contribution in [2.75, 3.05) is 5.32 Å². The maximum atomic E-state index is 13.2. The molecule has 0 bridgehead atoms. The van der Waals surface area contributed by atoms with Gasteiger partial charge in [-0.15, -0.1) is 0 Å². The van der Waals surface area contributed by atoms with Crippen LogP contribution in [0.1, 0.15) is 22.3 Å². The molecule has 1 aromatic heterocycles. The Balaban J connectivity index is 1.36. The molecule has 5 N–H and O–H groups in total. The van der Waals surface area contributed by atoms with Gasteiger partial charge in [0.05, 0.1) is 11.8 Å². The minimum Gasteiger partial charge on any atom is -0.361 e. The molecule has 1 aliphatic carbocycles. The third-order valence-corrected chi connectivity index (χ3v) is 11.6. The smallest absolute Gasteiger partial charge is 0.241 e. The SMILES string of the molecule is Cc1ccccc1C1=C2C=CC(=N)C=C2[Si](C)(C)c2cc(NC(=O)[C@@H](N)Cc3c[nH]c4ccccc34)ccc21. The van der Waals surface area contributed by atoms with Crippen molar-refractivity contribution >= 4 is 47.0 Å². The van der Waals surface area contributed by atoms with Gasteiger partial charge in [0.15, 0.2) is 0 Å². The predicted octanol–water partition coefficient (Wildman–Crippen LogP) is 5.77. The van der Waals surface area contributed by atoms with E-state index in [0.29, 0.717) is 12.1 Å². The van der Waals surface area contributed by atoms with E-state index in [-0.39, 0.29) is 5.91 Å². The second kappa shape index (κ2) is 9.49. The number of H-pyrrole nitrogens is 1. The first-order valence-electron chi connectivity index (χ1n) is 13.3. The minimum atomic E-state index is -2.17. The molecule has 0 saturated carbocycles. The van der Waals surface area contributed by atoms with Gasteiger partial charge in [-0.25, -0.2) is 0 Å². The van der Waals surface area contributed by atoms with E-state index in [1.54, 1.807) is 0 Å². The van der Waals surface area contributed by atoms with Gasteiger partial charge in [-0.2, -0.15) is 0 Å². The molecule has 4 aromatic rings. The molecule has 39 heavy (non-hydrogen) atoms. The highest BCUT2D eigenvalue weighted by atomic mass is 28.3. The normalized spacial score (nSPS) is 16.5. The van der Waals surface area contributed by atoms with Crippen LogP contribution in [0.5, 0.6) is 0 Å². The van der Waals surface area contributed by atoms with Gasteiger partial charge in [0.1, 0.15) is 8.07 Å². The number of nitrogens with two attached hydrogens (primary N) is 1. The van der Waals surface area contributed by atoms with E-state index in [2.05, 4.69) is 72.8 Å². The van der Waals surface area contributed by atoms with E-state index < -0.39 is 14.1 Å². The molecule has 2 aliphatic rings. The summed E-state index contributed by atoms with van der Waals surface area (Å²) in [5, 5.41) is 15.0.